The highest BCUT2D eigenvalue weighted by molar-refractivity contribution is 8.13. The van der Waals surface area contributed by atoms with Gasteiger partial charge in [-0.3, -0.25) is 4.79 Å². The van der Waals surface area contributed by atoms with Crippen LogP contribution in [0.4, 0.5) is 0 Å². The van der Waals surface area contributed by atoms with Crippen LogP contribution in [0.2, 0.25) is 0 Å². The molecule has 0 spiro atoms. The molecule has 0 amide bonds. The average Bonchev–Trinajstić information content (AvgIpc) is 2.79. The molecule has 0 aromatic heterocycles. The predicted molar refractivity (Wildman–Crippen MR) is 110 cm³/mol. The molecule has 5 nitrogen and oxygen atoms in total. The Kier molecular flexibility index (Phi) is 6.61. The summed E-state index contributed by atoms with van der Waals surface area (Å²) in [5, 5.41) is 0.0254. The van der Waals surface area contributed by atoms with E-state index >= 15 is 0 Å². The molecule has 1 aliphatic rings. The van der Waals surface area contributed by atoms with E-state index in [9.17, 15) is 9.59 Å². The van der Waals surface area contributed by atoms with Crippen molar-refractivity contribution in [1.29, 1.82) is 0 Å². The lowest BCUT2D eigenvalue weighted by Crippen LogP contribution is -2.41. The van der Waals surface area contributed by atoms with Gasteiger partial charge in [0, 0.05) is 12.7 Å². The van der Waals surface area contributed by atoms with E-state index in [-0.39, 0.29) is 11.1 Å². The molecule has 1 fully saturated rings. The predicted octanol–water partition coefficient (Wildman–Crippen LogP) is 4.08. The molecule has 1 aromatic rings. The summed E-state index contributed by atoms with van der Waals surface area (Å²) in [5.41, 5.74) is 2.09. The highest BCUT2D eigenvalue weighted by Crippen LogP contribution is 2.39. The molecule has 0 radical (unpaired) electrons. The van der Waals surface area contributed by atoms with Crippen molar-refractivity contribution in [3.63, 3.8) is 0 Å². The van der Waals surface area contributed by atoms with Crippen molar-refractivity contribution >= 4 is 36.0 Å². The molecule has 1 heterocycles. The minimum absolute atomic E-state index is 0.0254. The fourth-order valence-corrected chi connectivity index (χ4v) is 3.29. The molecular formula is C20H27BO5S. The second-order valence-corrected chi connectivity index (χ2v) is 8.75. The molecule has 146 valence electrons. The molecule has 7 heteroatoms. The van der Waals surface area contributed by atoms with Crippen LogP contribution in [0.1, 0.15) is 56.1 Å². The average molecular weight is 390 g/mol. The lowest BCUT2D eigenvalue weighted by atomic mass is 9.78. The van der Waals surface area contributed by atoms with Crippen molar-refractivity contribution in [3.8, 4) is 0 Å². The van der Waals surface area contributed by atoms with Crippen LogP contribution in [0.15, 0.2) is 23.7 Å². The SMILES string of the molecule is COC(=O)c1cccc(C=C(CSC(C)=O)B2OC(C)(C)C(C)(C)O2)c1C. The third-order valence-electron chi connectivity index (χ3n) is 5.12. The highest BCUT2D eigenvalue weighted by atomic mass is 32.2. The monoisotopic (exact) mass is 390 g/mol. The lowest BCUT2D eigenvalue weighted by molar-refractivity contribution is -0.109. The van der Waals surface area contributed by atoms with Crippen LogP contribution >= 0.6 is 11.8 Å². The van der Waals surface area contributed by atoms with Crippen LogP contribution in [0, 0.1) is 6.92 Å². The third-order valence-corrected chi connectivity index (χ3v) is 6.00. The van der Waals surface area contributed by atoms with Crippen molar-refractivity contribution in [2.24, 2.45) is 0 Å². The van der Waals surface area contributed by atoms with Gasteiger partial charge in [0.15, 0.2) is 5.12 Å². The van der Waals surface area contributed by atoms with Crippen LogP contribution < -0.4 is 0 Å². The first-order valence-electron chi connectivity index (χ1n) is 8.86. The van der Waals surface area contributed by atoms with Crippen LogP contribution in [-0.2, 0) is 18.8 Å². The Balaban J connectivity index is 2.43. The number of carbonyl (C=O) groups is 2. The van der Waals surface area contributed by atoms with Gasteiger partial charge >= 0.3 is 13.1 Å². The van der Waals surface area contributed by atoms with E-state index in [2.05, 4.69) is 0 Å². The van der Waals surface area contributed by atoms with Crippen molar-refractivity contribution in [2.75, 3.05) is 12.9 Å². The summed E-state index contributed by atoms with van der Waals surface area (Å²) < 4.78 is 17.2. The molecule has 0 saturated carbocycles. The number of rotatable bonds is 5. The smallest absolute Gasteiger partial charge is 0.465 e. The van der Waals surface area contributed by atoms with Gasteiger partial charge in [-0.1, -0.05) is 30.0 Å². The summed E-state index contributed by atoms with van der Waals surface area (Å²) in [6.07, 6.45) is 1.94. The molecule has 0 N–H and O–H groups in total. The zero-order chi connectivity index (χ0) is 20.4. The van der Waals surface area contributed by atoms with E-state index in [0.717, 1.165) is 16.6 Å². The molecule has 1 saturated heterocycles. The zero-order valence-corrected chi connectivity index (χ0v) is 17.9. The van der Waals surface area contributed by atoms with E-state index in [1.165, 1.54) is 25.8 Å². The van der Waals surface area contributed by atoms with Gasteiger partial charge in [0.1, 0.15) is 0 Å². The van der Waals surface area contributed by atoms with E-state index in [1.807, 2.05) is 52.8 Å². The standard InChI is InChI=1S/C20H27BO5S/c1-13-15(9-8-10-17(13)18(23)24-7)11-16(12-27-14(2)22)21-25-19(3,4)20(5,6)26-21/h8-11H,12H2,1-7H3. The molecule has 1 aromatic carbocycles. The van der Waals surface area contributed by atoms with E-state index < -0.39 is 18.3 Å². The van der Waals surface area contributed by atoms with Gasteiger partial charge in [0.25, 0.3) is 0 Å². The maximum atomic E-state index is 12.0. The number of ether oxygens (including phenoxy) is 1. The summed E-state index contributed by atoms with van der Waals surface area (Å²) in [7, 11) is 0.812. The quantitative estimate of drug-likeness (QED) is 0.558. The Hall–Kier alpha value is -1.57. The van der Waals surface area contributed by atoms with Crippen molar-refractivity contribution in [3.05, 3.63) is 40.4 Å². The number of hydrogen-bond acceptors (Lipinski definition) is 6. The van der Waals surface area contributed by atoms with Gasteiger partial charge in [-0.05, 0) is 57.3 Å². The van der Waals surface area contributed by atoms with Crippen molar-refractivity contribution in [1.82, 2.24) is 0 Å². The van der Waals surface area contributed by atoms with E-state index in [4.69, 9.17) is 14.0 Å². The van der Waals surface area contributed by atoms with Gasteiger partial charge in [0.2, 0.25) is 0 Å². The first-order chi connectivity index (χ1) is 12.5. The fraction of sp³-hybridized carbons (Fsp3) is 0.500. The van der Waals surface area contributed by atoms with Crippen LogP contribution in [0.25, 0.3) is 6.08 Å². The summed E-state index contributed by atoms with van der Waals surface area (Å²) in [6, 6.07) is 5.47. The molecule has 0 aliphatic carbocycles. The molecule has 27 heavy (non-hydrogen) atoms. The van der Waals surface area contributed by atoms with Gasteiger partial charge in [0.05, 0.1) is 23.9 Å². The molecule has 0 atom stereocenters. The van der Waals surface area contributed by atoms with E-state index in [0.29, 0.717) is 11.3 Å². The van der Waals surface area contributed by atoms with Crippen LogP contribution in [0.5, 0.6) is 0 Å². The normalized spacial score (nSPS) is 18.5. The van der Waals surface area contributed by atoms with Gasteiger partial charge in [-0.15, -0.1) is 0 Å². The van der Waals surface area contributed by atoms with Crippen LogP contribution in [0.3, 0.4) is 0 Å². The maximum absolute atomic E-state index is 12.0. The highest BCUT2D eigenvalue weighted by Gasteiger charge is 2.52. The summed E-state index contributed by atoms with van der Waals surface area (Å²) in [4.78, 5) is 23.5. The number of esters is 1. The van der Waals surface area contributed by atoms with Crippen molar-refractivity contribution in [2.45, 2.75) is 52.7 Å². The zero-order valence-electron chi connectivity index (χ0n) is 17.0. The van der Waals surface area contributed by atoms with Gasteiger partial charge in [-0.25, -0.2) is 4.79 Å². The number of benzene rings is 1. The topological polar surface area (TPSA) is 61.8 Å². The number of thioether (sulfide) groups is 1. The summed E-state index contributed by atoms with van der Waals surface area (Å²) in [6.45, 7) is 11.4. The Morgan fingerprint density at radius 1 is 1.19 bits per heavy atom. The Labute approximate surface area is 166 Å². The lowest BCUT2D eigenvalue weighted by Gasteiger charge is -2.32. The van der Waals surface area contributed by atoms with Crippen molar-refractivity contribution < 1.29 is 23.6 Å². The minimum atomic E-state index is -0.553. The number of hydrogen-bond donors (Lipinski definition) is 0. The summed E-state index contributed by atoms with van der Waals surface area (Å²) >= 11 is 1.21. The second-order valence-electron chi connectivity index (χ2n) is 7.60. The fourth-order valence-electron chi connectivity index (χ4n) is 2.70. The van der Waals surface area contributed by atoms with Gasteiger partial charge < -0.3 is 14.0 Å². The molecule has 0 unspecified atom stereocenters. The summed E-state index contributed by atoms with van der Waals surface area (Å²) in [5.74, 6) is 0.0756. The minimum Gasteiger partial charge on any atom is -0.465 e. The molecular weight excluding hydrogens is 363 g/mol. The van der Waals surface area contributed by atoms with E-state index in [1.54, 1.807) is 6.07 Å². The number of methoxy groups -OCH3 is 1. The third kappa shape index (κ3) is 4.84. The first kappa shape index (κ1) is 21.7. The Bertz CT molecular complexity index is 754. The molecule has 0 bridgehead atoms. The Morgan fingerprint density at radius 2 is 1.78 bits per heavy atom. The van der Waals surface area contributed by atoms with Gasteiger partial charge in [-0.2, -0.15) is 0 Å². The Morgan fingerprint density at radius 3 is 2.30 bits per heavy atom. The molecule has 1 aliphatic heterocycles. The second kappa shape index (κ2) is 8.21. The largest absolute Gasteiger partial charge is 0.491 e. The van der Waals surface area contributed by atoms with Crippen LogP contribution in [-0.4, -0.2) is 42.3 Å². The number of carbonyl (C=O) groups excluding carboxylic acids is 2. The molecule has 2 rings (SSSR count). The maximum Gasteiger partial charge on any atom is 0.491 e. The first-order valence-corrected chi connectivity index (χ1v) is 9.84.